The summed E-state index contributed by atoms with van der Waals surface area (Å²) >= 11 is 0. The number of methoxy groups -OCH3 is 1. The zero-order valence-electron chi connectivity index (χ0n) is 13.5. The van der Waals surface area contributed by atoms with E-state index in [1.54, 1.807) is 0 Å². The highest BCUT2D eigenvalue weighted by atomic mass is 19.3. The fraction of sp³-hybridized carbons (Fsp3) is 0.588. The minimum Gasteiger partial charge on any atom is -0.465 e. The number of esters is 1. The number of piperidine rings is 1. The van der Waals surface area contributed by atoms with Gasteiger partial charge in [0.05, 0.1) is 12.7 Å². The molecule has 2 fully saturated rings. The van der Waals surface area contributed by atoms with Crippen molar-refractivity contribution in [2.45, 2.75) is 31.7 Å². The summed E-state index contributed by atoms with van der Waals surface area (Å²) in [5, 5.41) is 0. The molecule has 2 saturated heterocycles. The number of alkyl halides is 2. The van der Waals surface area contributed by atoms with Crippen LogP contribution in [0.15, 0.2) is 18.2 Å². The molecule has 2 aliphatic rings. The van der Waals surface area contributed by atoms with Crippen LogP contribution in [0.2, 0.25) is 0 Å². The maximum Gasteiger partial charge on any atom is 0.338 e. The Morgan fingerprint density at radius 2 is 1.91 bits per heavy atom. The molecule has 1 aromatic carbocycles. The van der Waals surface area contributed by atoms with E-state index < -0.39 is 5.92 Å². The third-order valence-corrected chi connectivity index (χ3v) is 4.90. The van der Waals surface area contributed by atoms with Gasteiger partial charge in [-0.25, -0.2) is 13.6 Å². The van der Waals surface area contributed by atoms with Crippen LogP contribution >= 0.6 is 0 Å². The molecule has 3 rings (SSSR count). The van der Waals surface area contributed by atoms with E-state index in [1.807, 2.05) is 25.1 Å². The second kappa shape index (κ2) is 6.07. The van der Waals surface area contributed by atoms with Crippen molar-refractivity contribution >= 4 is 11.7 Å². The molecule has 0 aliphatic carbocycles. The Balaban J connectivity index is 1.60. The van der Waals surface area contributed by atoms with Crippen LogP contribution in [0.3, 0.4) is 0 Å². The molecule has 4 nitrogen and oxygen atoms in total. The van der Waals surface area contributed by atoms with Crippen LogP contribution in [-0.2, 0) is 4.74 Å². The quantitative estimate of drug-likeness (QED) is 0.801. The predicted molar refractivity (Wildman–Crippen MR) is 84.3 cm³/mol. The standard InChI is InChI=1S/C17H22F2N2O2/c1-12-3-4-13(9-15(12)16(22)23-2)21-10-14(11-21)20-7-5-17(18,19)6-8-20/h3-4,9,14H,5-8,10-11H2,1-2H3. The minimum atomic E-state index is -2.49. The number of halogens is 2. The first-order valence-corrected chi connectivity index (χ1v) is 7.95. The third-order valence-electron chi connectivity index (χ3n) is 4.90. The number of carbonyl (C=O) groups excluding carboxylic acids is 1. The van der Waals surface area contributed by atoms with E-state index in [1.165, 1.54) is 7.11 Å². The molecule has 2 aliphatic heterocycles. The first kappa shape index (κ1) is 16.2. The third kappa shape index (κ3) is 3.32. The molecule has 126 valence electrons. The predicted octanol–water partition coefficient (Wildman–Crippen LogP) is 2.70. The van der Waals surface area contributed by atoms with E-state index in [2.05, 4.69) is 9.80 Å². The summed E-state index contributed by atoms with van der Waals surface area (Å²) in [6, 6.07) is 6.08. The van der Waals surface area contributed by atoms with E-state index >= 15 is 0 Å². The molecule has 0 radical (unpaired) electrons. The van der Waals surface area contributed by atoms with Gasteiger partial charge in [0.2, 0.25) is 0 Å². The molecule has 6 heteroatoms. The van der Waals surface area contributed by atoms with Crippen molar-refractivity contribution in [2.24, 2.45) is 0 Å². The van der Waals surface area contributed by atoms with Crippen LogP contribution in [0.1, 0.15) is 28.8 Å². The number of rotatable bonds is 3. The average Bonchev–Trinajstić information content (AvgIpc) is 2.48. The van der Waals surface area contributed by atoms with Crippen LogP contribution in [0, 0.1) is 6.92 Å². The summed E-state index contributed by atoms with van der Waals surface area (Å²) in [6.45, 7) is 4.44. The van der Waals surface area contributed by atoms with Gasteiger partial charge < -0.3 is 9.64 Å². The zero-order chi connectivity index (χ0) is 16.6. The average molecular weight is 324 g/mol. The number of ether oxygens (including phenoxy) is 1. The Morgan fingerprint density at radius 3 is 2.52 bits per heavy atom. The van der Waals surface area contributed by atoms with E-state index in [0.29, 0.717) is 24.7 Å². The fourth-order valence-electron chi connectivity index (χ4n) is 3.25. The molecule has 0 amide bonds. The number of anilines is 1. The lowest BCUT2D eigenvalue weighted by Crippen LogP contribution is -2.61. The molecule has 0 aromatic heterocycles. The number of hydrogen-bond donors (Lipinski definition) is 0. The Morgan fingerprint density at radius 1 is 1.26 bits per heavy atom. The highest BCUT2D eigenvalue weighted by molar-refractivity contribution is 5.92. The summed E-state index contributed by atoms with van der Waals surface area (Å²) < 4.78 is 31.2. The molecule has 0 bridgehead atoms. The summed E-state index contributed by atoms with van der Waals surface area (Å²) in [4.78, 5) is 16.1. The highest BCUT2D eigenvalue weighted by Gasteiger charge is 2.39. The van der Waals surface area contributed by atoms with Gasteiger partial charge in [-0.15, -0.1) is 0 Å². The molecule has 0 unspecified atom stereocenters. The number of hydrogen-bond acceptors (Lipinski definition) is 4. The van der Waals surface area contributed by atoms with E-state index in [9.17, 15) is 13.6 Å². The lowest BCUT2D eigenvalue weighted by Gasteiger charge is -2.48. The Labute approximate surface area is 135 Å². The van der Waals surface area contributed by atoms with Crippen molar-refractivity contribution in [1.82, 2.24) is 4.90 Å². The van der Waals surface area contributed by atoms with E-state index in [-0.39, 0.29) is 18.8 Å². The molecular weight excluding hydrogens is 302 g/mol. The monoisotopic (exact) mass is 324 g/mol. The van der Waals surface area contributed by atoms with Crippen LogP contribution in [0.25, 0.3) is 0 Å². The van der Waals surface area contributed by atoms with Crippen molar-refractivity contribution in [1.29, 1.82) is 0 Å². The topological polar surface area (TPSA) is 32.8 Å². The van der Waals surface area contributed by atoms with Gasteiger partial charge in [-0.3, -0.25) is 4.90 Å². The molecule has 2 heterocycles. The molecule has 23 heavy (non-hydrogen) atoms. The van der Waals surface area contributed by atoms with Crippen molar-refractivity contribution in [3.63, 3.8) is 0 Å². The number of nitrogens with zero attached hydrogens (tertiary/aromatic N) is 2. The number of likely N-dealkylation sites (tertiary alicyclic amines) is 1. The second-order valence-electron chi connectivity index (χ2n) is 6.44. The number of aryl methyl sites for hydroxylation is 1. The molecule has 0 saturated carbocycles. The fourth-order valence-corrected chi connectivity index (χ4v) is 3.25. The van der Waals surface area contributed by atoms with Crippen LogP contribution < -0.4 is 4.90 Å². The second-order valence-corrected chi connectivity index (χ2v) is 6.44. The first-order valence-electron chi connectivity index (χ1n) is 7.95. The summed E-state index contributed by atoms with van der Waals surface area (Å²) in [5.74, 6) is -2.83. The minimum absolute atomic E-state index is 0.0412. The van der Waals surface area contributed by atoms with Gasteiger partial charge in [-0.05, 0) is 24.6 Å². The maximum atomic E-state index is 13.2. The molecule has 1 aromatic rings. The van der Waals surface area contributed by atoms with E-state index in [0.717, 1.165) is 24.3 Å². The largest absolute Gasteiger partial charge is 0.465 e. The Bertz CT molecular complexity index is 590. The molecule has 0 N–H and O–H groups in total. The van der Waals surface area contributed by atoms with Crippen molar-refractivity contribution in [2.75, 3.05) is 38.2 Å². The smallest absolute Gasteiger partial charge is 0.338 e. The molecule has 0 spiro atoms. The van der Waals surface area contributed by atoms with E-state index in [4.69, 9.17) is 4.74 Å². The normalized spacial score (nSPS) is 21.8. The van der Waals surface area contributed by atoms with Crippen molar-refractivity contribution in [3.05, 3.63) is 29.3 Å². The zero-order valence-corrected chi connectivity index (χ0v) is 13.5. The van der Waals surface area contributed by atoms with Crippen molar-refractivity contribution < 1.29 is 18.3 Å². The van der Waals surface area contributed by atoms with Gasteiger partial charge >= 0.3 is 5.97 Å². The molecule has 0 atom stereocenters. The lowest BCUT2D eigenvalue weighted by atomic mass is 9.99. The van der Waals surface area contributed by atoms with Crippen molar-refractivity contribution in [3.8, 4) is 0 Å². The van der Waals surface area contributed by atoms with Gasteiger partial charge in [0.1, 0.15) is 0 Å². The van der Waals surface area contributed by atoms with Gasteiger partial charge in [0.25, 0.3) is 5.92 Å². The Hall–Kier alpha value is -1.69. The SMILES string of the molecule is COC(=O)c1cc(N2CC(N3CCC(F)(F)CC3)C2)ccc1C. The summed E-state index contributed by atoms with van der Waals surface area (Å²) in [6.07, 6.45) is -0.0823. The highest BCUT2D eigenvalue weighted by Crippen LogP contribution is 2.32. The maximum absolute atomic E-state index is 13.2. The van der Waals surface area contributed by atoms with Crippen LogP contribution in [0.4, 0.5) is 14.5 Å². The lowest BCUT2D eigenvalue weighted by molar-refractivity contribution is -0.0649. The van der Waals surface area contributed by atoms with Crippen LogP contribution in [0.5, 0.6) is 0 Å². The summed E-state index contributed by atoms with van der Waals surface area (Å²) in [5.41, 5.74) is 2.44. The van der Waals surface area contributed by atoms with Gasteiger partial charge in [-0.1, -0.05) is 6.07 Å². The number of benzene rings is 1. The summed E-state index contributed by atoms with van der Waals surface area (Å²) in [7, 11) is 1.38. The number of carbonyl (C=O) groups is 1. The van der Waals surface area contributed by atoms with Gasteiger partial charge in [0.15, 0.2) is 0 Å². The molecular formula is C17H22F2N2O2. The first-order chi connectivity index (χ1) is 10.9. The van der Waals surface area contributed by atoms with Crippen LogP contribution in [-0.4, -0.2) is 56.1 Å². The van der Waals surface area contributed by atoms with Gasteiger partial charge in [0, 0.05) is 50.7 Å². The Kier molecular flexibility index (Phi) is 4.27. The van der Waals surface area contributed by atoms with Gasteiger partial charge in [-0.2, -0.15) is 0 Å².